The van der Waals surface area contributed by atoms with Crippen LogP contribution in [0.1, 0.15) is 54.1 Å². The molecule has 2 atom stereocenters. The van der Waals surface area contributed by atoms with Crippen molar-refractivity contribution in [1.82, 2.24) is 4.98 Å². The largest absolute Gasteiger partial charge is 0.358 e. The first-order valence-electron chi connectivity index (χ1n) is 7.10. The van der Waals surface area contributed by atoms with Crippen LogP contribution in [0.2, 0.25) is 0 Å². The van der Waals surface area contributed by atoms with E-state index in [1.54, 1.807) is 5.56 Å². The van der Waals surface area contributed by atoms with Gasteiger partial charge in [0.1, 0.15) is 0 Å². The minimum absolute atomic E-state index is 0.676. The van der Waals surface area contributed by atoms with Gasteiger partial charge in [0.05, 0.1) is 0 Å². The molecule has 1 aromatic heterocycles. The third kappa shape index (κ3) is 1.53. The molecule has 1 heteroatoms. The molecular formula is C17H23N. The summed E-state index contributed by atoms with van der Waals surface area (Å²) in [6.45, 7) is 11.5. The van der Waals surface area contributed by atoms with Gasteiger partial charge in [-0.3, -0.25) is 0 Å². The molecule has 96 valence electrons. The Hall–Kier alpha value is -1.24. The fraction of sp³-hybridized carbons (Fsp3) is 0.529. The minimum Gasteiger partial charge on any atom is -0.358 e. The molecule has 0 spiro atoms. The molecule has 18 heavy (non-hydrogen) atoms. The molecule has 0 aliphatic heterocycles. The number of nitrogens with one attached hydrogen (secondary N) is 1. The highest BCUT2D eigenvalue weighted by molar-refractivity contribution is 5.91. The molecule has 2 aromatic rings. The van der Waals surface area contributed by atoms with Gasteiger partial charge in [-0.15, -0.1) is 0 Å². The molecular weight excluding hydrogens is 218 g/mol. The van der Waals surface area contributed by atoms with Gasteiger partial charge in [0.15, 0.2) is 0 Å². The number of hydrogen-bond donors (Lipinski definition) is 1. The first-order chi connectivity index (χ1) is 8.49. The number of hydrogen-bond acceptors (Lipinski definition) is 0. The molecule has 0 saturated carbocycles. The van der Waals surface area contributed by atoms with Crippen LogP contribution in [-0.4, -0.2) is 4.98 Å². The lowest BCUT2D eigenvalue weighted by atomic mass is 9.81. The average molecular weight is 241 g/mol. The van der Waals surface area contributed by atoms with E-state index in [0.717, 1.165) is 5.92 Å². The van der Waals surface area contributed by atoms with Crippen LogP contribution in [0.3, 0.4) is 0 Å². The highest BCUT2D eigenvalue weighted by Gasteiger charge is 2.26. The van der Waals surface area contributed by atoms with Gasteiger partial charge in [-0.2, -0.15) is 0 Å². The zero-order valence-corrected chi connectivity index (χ0v) is 12.1. The lowest BCUT2D eigenvalue weighted by Gasteiger charge is -2.24. The van der Waals surface area contributed by atoms with Crippen LogP contribution >= 0.6 is 0 Å². The Bertz CT molecular complexity index is 618. The quantitative estimate of drug-likeness (QED) is 0.683. The molecule has 0 fully saturated rings. The molecule has 1 nitrogen and oxygen atoms in total. The number of rotatable bonds is 0. The Balaban J connectivity index is 2.38. The van der Waals surface area contributed by atoms with E-state index in [4.69, 9.17) is 0 Å². The topological polar surface area (TPSA) is 15.8 Å². The molecule has 0 radical (unpaired) electrons. The van der Waals surface area contributed by atoms with E-state index in [-0.39, 0.29) is 0 Å². The van der Waals surface area contributed by atoms with Crippen LogP contribution in [0, 0.1) is 26.7 Å². The van der Waals surface area contributed by atoms with Crippen LogP contribution < -0.4 is 0 Å². The van der Waals surface area contributed by atoms with Crippen molar-refractivity contribution in [2.24, 2.45) is 5.92 Å². The van der Waals surface area contributed by atoms with Crippen LogP contribution in [0.15, 0.2) is 6.07 Å². The maximum atomic E-state index is 3.74. The van der Waals surface area contributed by atoms with E-state index in [9.17, 15) is 0 Å². The molecule has 2 unspecified atom stereocenters. The number of H-pyrrole nitrogens is 1. The molecule has 1 aliphatic rings. The second-order valence-corrected chi connectivity index (χ2v) is 6.35. The summed E-state index contributed by atoms with van der Waals surface area (Å²) < 4.78 is 0. The molecule has 1 N–H and O–H groups in total. The van der Waals surface area contributed by atoms with E-state index >= 15 is 0 Å². The van der Waals surface area contributed by atoms with Crippen molar-refractivity contribution in [3.63, 3.8) is 0 Å². The van der Waals surface area contributed by atoms with Crippen LogP contribution in [0.4, 0.5) is 0 Å². The predicted octanol–water partition coefficient (Wildman–Crippen LogP) is 4.78. The summed E-state index contributed by atoms with van der Waals surface area (Å²) in [5, 5.41) is 1.51. The van der Waals surface area contributed by atoms with Gasteiger partial charge in [-0.05, 0) is 67.7 Å². The number of aromatic amines is 1. The van der Waals surface area contributed by atoms with Gasteiger partial charge >= 0.3 is 0 Å². The Morgan fingerprint density at radius 1 is 1.11 bits per heavy atom. The monoisotopic (exact) mass is 241 g/mol. The molecule has 1 heterocycles. The SMILES string of the molecule is Cc1cc(C)c2c3c([nH]c2c1C)C(C)CC(C)C3. The summed E-state index contributed by atoms with van der Waals surface area (Å²) >= 11 is 0. The second-order valence-electron chi connectivity index (χ2n) is 6.35. The Morgan fingerprint density at radius 3 is 2.56 bits per heavy atom. The highest BCUT2D eigenvalue weighted by Crippen LogP contribution is 2.40. The second kappa shape index (κ2) is 3.88. The van der Waals surface area contributed by atoms with E-state index in [1.165, 1.54) is 46.1 Å². The number of benzene rings is 1. The Kier molecular flexibility index (Phi) is 2.55. The zero-order chi connectivity index (χ0) is 13.0. The first kappa shape index (κ1) is 11.8. The lowest BCUT2D eigenvalue weighted by molar-refractivity contribution is 0.447. The van der Waals surface area contributed by atoms with Crippen LogP contribution in [0.5, 0.6) is 0 Å². The Labute approximate surface area is 110 Å². The standard InChI is InChI=1S/C17H23N/c1-9-6-12(4)16-14(7-9)15-11(3)8-10(2)13(5)17(15)18-16/h8-9,12,18H,6-7H2,1-5H3. The van der Waals surface area contributed by atoms with Gasteiger partial charge in [0.2, 0.25) is 0 Å². The zero-order valence-electron chi connectivity index (χ0n) is 12.1. The van der Waals surface area contributed by atoms with E-state index < -0.39 is 0 Å². The number of aryl methyl sites for hydroxylation is 3. The summed E-state index contributed by atoms with van der Waals surface area (Å²) in [5.41, 5.74) is 8.74. The van der Waals surface area contributed by atoms with Crippen molar-refractivity contribution in [1.29, 1.82) is 0 Å². The van der Waals surface area contributed by atoms with Gasteiger partial charge < -0.3 is 4.98 Å². The first-order valence-corrected chi connectivity index (χ1v) is 7.10. The normalized spacial score (nSPS) is 23.4. The molecule has 1 aliphatic carbocycles. The van der Waals surface area contributed by atoms with Gasteiger partial charge in [-0.25, -0.2) is 0 Å². The van der Waals surface area contributed by atoms with E-state index in [2.05, 4.69) is 45.7 Å². The molecule has 0 saturated heterocycles. The smallest absolute Gasteiger partial charge is 0.0494 e. The number of fused-ring (bicyclic) bond motifs is 3. The molecule has 0 amide bonds. The number of aromatic nitrogens is 1. The van der Waals surface area contributed by atoms with Gasteiger partial charge in [0, 0.05) is 16.6 Å². The molecule has 0 bridgehead atoms. The van der Waals surface area contributed by atoms with Crippen molar-refractivity contribution in [3.05, 3.63) is 34.0 Å². The van der Waals surface area contributed by atoms with Crippen molar-refractivity contribution in [2.45, 2.75) is 53.4 Å². The van der Waals surface area contributed by atoms with E-state index in [0.29, 0.717) is 5.92 Å². The predicted molar refractivity (Wildman–Crippen MR) is 78.4 cm³/mol. The van der Waals surface area contributed by atoms with Crippen molar-refractivity contribution < 1.29 is 0 Å². The molecule has 1 aromatic carbocycles. The maximum absolute atomic E-state index is 3.74. The summed E-state index contributed by atoms with van der Waals surface area (Å²) in [6, 6.07) is 2.34. The maximum Gasteiger partial charge on any atom is 0.0494 e. The van der Waals surface area contributed by atoms with Gasteiger partial charge in [-0.1, -0.05) is 19.9 Å². The van der Waals surface area contributed by atoms with Gasteiger partial charge in [0.25, 0.3) is 0 Å². The van der Waals surface area contributed by atoms with Crippen molar-refractivity contribution >= 4 is 10.9 Å². The third-order valence-corrected chi connectivity index (χ3v) is 4.73. The summed E-state index contributed by atoms with van der Waals surface area (Å²) in [6.07, 6.45) is 2.56. The van der Waals surface area contributed by atoms with Crippen LogP contribution in [-0.2, 0) is 6.42 Å². The highest BCUT2D eigenvalue weighted by atomic mass is 14.7. The fourth-order valence-electron chi connectivity index (χ4n) is 3.76. The molecule has 3 rings (SSSR count). The lowest BCUT2D eigenvalue weighted by Crippen LogP contribution is -2.13. The third-order valence-electron chi connectivity index (χ3n) is 4.73. The fourth-order valence-corrected chi connectivity index (χ4v) is 3.76. The van der Waals surface area contributed by atoms with Crippen molar-refractivity contribution in [3.8, 4) is 0 Å². The Morgan fingerprint density at radius 2 is 1.83 bits per heavy atom. The minimum atomic E-state index is 0.676. The van der Waals surface area contributed by atoms with Crippen molar-refractivity contribution in [2.75, 3.05) is 0 Å². The summed E-state index contributed by atoms with van der Waals surface area (Å²) in [4.78, 5) is 3.74. The average Bonchev–Trinajstić information content (AvgIpc) is 2.66. The van der Waals surface area contributed by atoms with E-state index in [1.807, 2.05) is 0 Å². The van der Waals surface area contributed by atoms with Crippen LogP contribution in [0.25, 0.3) is 10.9 Å². The summed E-state index contributed by atoms with van der Waals surface area (Å²) in [7, 11) is 0. The summed E-state index contributed by atoms with van der Waals surface area (Å²) in [5.74, 6) is 1.49.